The summed E-state index contributed by atoms with van der Waals surface area (Å²) in [7, 11) is 0. The third-order valence-electron chi connectivity index (χ3n) is 2.84. The average Bonchev–Trinajstić information content (AvgIpc) is 2.40. The lowest BCUT2D eigenvalue weighted by Gasteiger charge is -2.27. The summed E-state index contributed by atoms with van der Waals surface area (Å²) in [6.07, 6.45) is -4.80. The topological polar surface area (TPSA) is 41.6 Å². The average molecular weight is 292 g/mol. The lowest BCUT2D eigenvalue weighted by atomic mass is 10.2. The minimum absolute atomic E-state index is 0.312. The molecule has 0 unspecified atom stereocenters. The van der Waals surface area contributed by atoms with Crippen LogP contribution in [0.3, 0.4) is 0 Å². The van der Waals surface area contributed by atoms with Crippen LogP contribution in [0.1, 0.15) is 5.56 Å². The molecule has 0 atom stereocenters. The third kappa shape index (κ3) is 3.19. The Hall–Kier alpha value is -1.83. The highest BCUT2D eigenvalue weighted by Crippen LogP contribution is 2.33. The van der Waals surface area contributed by atoms with Crippen molar-refractivity contribution in [3.63, 3.8) is 0 Å². The van der Waals surface area contributed by atoms with Gasteiger partial charge in [-0.1, -0.05) is 6.07 Å². The zero-order valence-corrected chi connectivity index (χ0v) is 10.3. The van der Waals surface area contributed by atoms with E-state index in [9.17, 15) is 22.4 Å². The number of hydrogen-bond acceptors (Lipinski definition) is 2. The molecular formula is C12H12F4N2O2. The number of nitrogens with zero attached hydrogens (tertiary/aromatic N) is 1. The van der Waals surface area contributed by atoms with E-state index >= 15 is 0 Å². The fourth-order valence-electron chi connectivity index (χ4n) is 1.81. The van der Waals surface area contributed by atoms with E-state index in [4.69, 9.17) is 4.74 Å². The van der Waals surface area contributed by atoms with Gasteiger partial charge in [0, 0.05) is 13.1 Å². The lowest BCUT2D eigenvalue weighted by molar-refractivity contribution is -0.139. The molecule has 0 spiro atoms. The maximum atomic E-state index is 13.7. The molecule has 1 heterocycles. The molecule has 0 aromatic heterocycles. The summed E-state index contributed by atoms with van der Waals surface area (Å²) in [6.45, 7) is 1.32. The minimum Gasteiger partial charge on any atom is -0.378 e. The molecule has 2 rings (SSSR count). The lowest BCUT2D eigenvalue weighted by Crippen LogP contribution is -2.43. The molecule has 1 saturated heterocycles. The number of alkyl halides is 3. The van der Waals surface area contributed by atoms with Gasteiger partial charge in [-0.15, -0.1) is 0 Å². The number of anilines is 1. The van der Waals surface area contributed by atoms with Crippen molar-refractivity contribution in [3.8, 4) is 0 Å². The molecule has 1 fully saturated rings. The van der Waals surface area contributed by atoms with Gasteiger partial charge in [-0.25, -0.2) is 9.18 Å². The SMILES string of the molecule is O=C(Nc1cccc(C(F)(F)F)c1F)N1CCOCC1. The van der Waals surface area contributed by atoms with E-state index in [1.807, 2.05) is 0 Å². The number of hydrogen-bond donors (Lipinski definition) is 1. The van der Waals surface area contributed by atoms with Crippen LogP contribution in [0.15, 0.2) is 18.2 Å². The van der Waals surface area contributed by atoms with E-state index in [1.165, 1.54) is 4.90 Å². The van der Waals surface area contributed by atoms with Gasteiger partial charge < -0.3 is 15.0 Å². The molecule has 1 aromatic carbocycles. The van der Waals surface area contributed by atoms with E-state index < -0.39 is 29.3 Å². The Balaban J connectivity index is 2.15. The quantitative estimate of drug-likeness (QED) is 0.809. The molecule has 20 heavy (non-hydrogen) atoms. The molecule has 1 aliphatic heterocycles. The summed E-state index contributed by atoms with van der Waals surface area (Å²) in [5.41, 5.74) is -1.89. The first kappa shape index (κ1) is 14.6. The first-order valence-electron chi connectivity index (χ1n) is 5.89. The number of amides is 2. The van der Waals surface area contributed by atoms with Gasteiger partial charge >= 0.3 is 12.2 Å². The number of urea groups is 1. The van der Waals surface area contributed by atoms with Crippen LogP contribution in [0.25, 0.3) is 0 Å². The Morgan fingerprint density at radius 2 is 1.90 bits per heavy atom. The van der Waals surface area contributed by atoms with Gasteiger partial charge in [-0.2, -0.15) is 13.2 Å². The molecule has 2 amide bonds. The number of ether oxygens (including phenoxy) is 1. The first-order valence-corrected chi connectivity index (χ1v) is 5.89. The Labute approximate surface area is 112 Å². The largest absolute Gasteiger partial charge is 0.419 e. The molecule has 0 aliphatic carbocycles. The van der Waals surface area contributed by atoms with Crippen molar-refractivity contribution < 1.29 is 27.1 Å². The molecule has 0 bridgehead atoms. The van der Waals surface area contributed by atoms with Crippen molar-refractivity contribution in [3.05, 3.63) is 29.6 Å². The summed E-state index contributed by atoms with van der Waals surface area (Å²) >= 11 is 0. The Bertz CT molecular complexity index is 499. The van der Waals surface area contributed by atoms with Crippen LogP contribution in [0.2, 0.25) is 0 Å². The number of rotatable bonds is 1. The van der Waals surface area contributed by atoms with Crippen LogP contribution in [-0.2, 0) is 10.9 Å². The maximum Gasteiger partial charge on any atom is 0.419 e. The van der Waals surface area contributed by atoms with E-state index in [0.717, 1.165) is 12.1 Å². The van der Waals surface area contributed by atoms with Crippen LogP contribution in [0, 0.1) is 5.82 Å². The number of halogens is 4. The van der Waals surface area contributed by atoms with E-state index in [1.54, 1.807) is 0 Å². The number of carbonyl (C=O) groups excluding carboxylic acids is 1. The molecule has 1 aliphatic rings. The predicted octanol–water partition coefficient (Wildman–Crippen LogP) is 2.71. The second kappa shape index (κ2) is 5.66. The van der Waals surface area contributed by atoms with Gasteiger partial charge in [0.15, 0.2) is 5.82 Å². The molecule has 1 N–H and O–H groups in total. The number of nitrogens with one attached hydrogen (secondary N) is 1. The first-order chi connectivity index (χ1) is 9.39. The summed E-state index contributed by atoms with van der Waals surface area (Å²) in [5.74, 6) is -1.48. The highest BCUT2D eigenvalue weighted by Gasteiger charge is 2.35. The summed E-state index contributed by atoms with van der Waals surface area (Å²) in [5, 5.41) is 2.15. The molecule has 0 radical (unpaired) electrons. The fourth-order valence-corrected chi connectivity index (χ4v) is 1.81. The zero-order chi connectivity index (χ0) is 14.8. The summed E-state index contributed by atoms with van der Waals surface area (Å²) in [4.78, 5) is 13.1. The van der Waals surface area contributed by atoms with Gasteiger partial charge in [0.25, 0.3) is 0 Å². The molecule has 110 valence electrons. The van der Waals surface area contributed by atoms with Gasteiger partial charge in [-0.3, -0.25) is 0 Å². The van der Waals surface area contributed by atoms with Gasteiger partial charge in [0.2, 0.25) is 0 Å². The van der Waals surface area contributed by atoms with Gasteiger partial charge in [0.05, 0.1) is 24.5 Å². The highest BCUT2D eigenvalue weighted by atomic mass is 19.4. The highest BCUT2D eigenvalue weighted by molar-refractivity contribution is 5.89. The third-order valence-corrected chi connectivity index (χ3v) is 2.84. The smallest absolute Gasteiger partial charge is 0.378 e. The number of carbonyl (C=O) groups is 1. The van der Waals surface area contributed by atoms with Crippen LogP contribution >= 0.6 is 0 Å². The van der Waals surface area contributed by atoms with E-state index in [0.29, 0.717) is 32.4 Å². The fraction of sp³-hybridized carbons (Fsp3) is 0.417. The predicted molar refractivity (Wildman–Crippen MR) is 62.8 cm³/mol. The van der Waals surface area contributed by atoms with Crippen LogP contribution < -0.4 is 5.32 Å². The summed E-state index contributed by atoms with van der Waals surface area (Å²) < 4.78 is 56.4. The van der Waals surface area contributed by atoms with Gasteiger partial charge in [-0.05, 0) is 12.1 Å². The summed E-state index contributed by atoms with van der Waals surface area (Å²) in [6, 6.07) is 2.11. The van der Waals surface area contributed by atoms with Crippen molar-refractivity contribution in [1.82, 2.24) is 4.90 Å². The zero-order valence-electron chi connectivity index (χ0n) is 10.3. The Kier molecular flexibility index (Phi) is 4.12. The van der Waals surface area contributed by atoms with Crippen LogP contribution in [0.5, 0.6) is 0 Å². The second-order valence-corrected chi connectivity index (χ2v) is 4.19. The van der Waals surface area contributed by atoms with Crippen LogP contribution in [0.4, 0.5) is 28.0 Å². The van der Waals surface area contributed by atoms with Gasteiger partial charge in [0.1, 0.15) is 0 Å². The van der Waals surface area contributed by atoms with Crippen molar-refractivity contribution >= 4 is 11.7 Å². The standard InChI is InChI=1S/C12H12F4N2O2/c13-10-8(12(14,15)16)2-1-3-9(10)17-11(19)18-4-6-20-7-5-18/h1-3H,4-7H2,(H,17,19). The normalized spacial score (nSPS) is 16.1. The molecule has 8 heteroatoms. The van der Waals surface area contributed by atoms with E-state index in [2.05, 4.69) is 5.32 Å². The maximum absolute atomic E-state index is 13.7. The Morgan fingerprint density at radius 3 is 2.50 bits per heavy atom. The Morgan fingerprint density at radius 1 is 1.25 bits per heavy atom. The van der Waals surface area contributed by atoms with Crippen molar-refractivity contribution in [1.29, 1.82) is 0 Å². The molecule has 1 aromatic rings. The van der Waals surface area contributed by atoms with Crippen LogP contribution in [-0.4, -0.2) is 37.2 Å². The van der Waals surface area contributed by atoms with Crippen molar-refractivity contribution in [2.75, 3.05) is 31.6 Å². The van der Waals surface area contributed by atoms with Crippen molar-refractivity contribution in [2.24, 2.45) is 0 Å². The second-order valence-electron chi connectivity index (χ2n) is 4.19. The monoisotopic (exact) mass is 292 g/mol. The molecule has 4 nitrogen and oxygen atoms in total. The molecule has 0 saturated carbocycles. The van der Waals surface area contributed by atoms with Crippen molar-refractivity contribution in [2.45, 2.75) is 6.18 Å². The van der Waals surface area contributed by atoms with E-state index in [-0.39, 0.29) is 0 Å². The molecular weight excluding hydrogens is 280 g/mol. The minimum atomic E-state index is -4.80. The number of morpholine rings is 1. The number of benzene rings is 1.